The van der Waals surface area contributed by atoms with Crippen molar-refractivity contribution in [3.63, 3.8) is 0 Å². The van der Waals surface area contributed by atoms with E-state index in [-0.39, 0.29) is 17.5 Å². The molecule has 0 bridgehead atoms. The molecule has 0 saturated heterocycles. The van der Waals surface area contributed by atoms with E-state index in [1.165, 1.54) is 18.6 Å². The minimum atomic E-state index is -1.01. The molecule has 2 rings (SSSR count). The lowest BCUT2D eigenvalue weighted by Gasteiger charge is -2.28. The van der Waals surface area contributed by atoms with Gasteiger partial charge < -0.3 is 10.4 Å². The maximum absolute atomic E-state index is 12.1. The van der Waals surface area contributed by atoms with Gasteiger partial charge in [-0.25, -0.2) is 4.79 Å². The van der Waals surface area contributed by atoms with Crippen molar-refractivity contribution in [3.05, 3.63) is 35.4 Å². The number of carbonyl (C=O) groups is 2. The van der Waals surface area contributed by atoms with Crippen LogP contribution >= 0.6 is 0 Å². The van der Waals surface area contributed by atoms with Crippen molar-refractivity contribution in [2.45, 2.75) is 45.1 Å². The molecule has 1 aliphatic rings. The lowest BCUT2D eigenvalue weighted by molar-refractivity contribution is 0.0697. The minimum absolute atomic E-state index is 0.146. The number of carboxylic acids is 1. The molecule has 1 aromatic rings. The number of carboxylic acid groups (broad SMARTS) is 1. The zero-order chi connectivity index (χ0) is 14.5. The summed E-state index contributed by atoms with van der Waals surface area (Å²) in [6, 6.07) is 6.39. The maximum atomic E-state index is 12.1. The Morgan fingerprint density at radius 3 is 2.45 bits per heavy atom. The van der Waals surface area contributed by atoms with Crippen molar-refractivity contribution in [1.82, 2.24) is 5.32 Å². The SMILES string of the molecule is CCC1CCC(NC(=O)c2cccc(C(=O)O)c2)CC1. The van der Waals surface area contributed by atoms with Crippen molar-refractivity contribution in [2.75, 3.05) is 0 Å². The topological polar surface area (TPSA) is 66.4 Å². The van der Waals surface area contributed by atoms with E-state index in [0.29, 0.717) is 5.56 Å². The van der Waals surface area contributed by atoms with Crippen LogP contribution in [0.2, 0.25) is 0 Å². The zero-order valence-electron chi connectivity index (χ0n) is 11.8. The molecule has 1 aromatic carbocycles. The summed E-state index contributed by atoms with van der Waals surface area (Å²) in [4.78, 5) is 23.0. The molecule has 4 nitrogen and oxygen atoms in total. The van der Waals surface area contributed by atoms with Gasteiger partial charge in [-0.05, 0) is 49.8 Å². The highest BCUT2D eigenvalue weighted by atomic mass is 16.4. The van der Waals surface area contributed by atoms with Crippen molar-refractivity contribution in [2.24, 2.45) is 5.92 Å². The Labute approximate surface area is 119 Å². The first-order valence-electron chi connectivity index (χ1n) is 7.24. The van der Waals surface area contributed by atoms with Gasteiger partial charge in [0.1, 0.15) is 0 Å². The predicted molar refractivity (Wildman–Crippen MR) is 76.9 cm³/mol. The van der Waals surface area contributed by atoms with Gasteiger partial charge in [-0.2, -0.15) is 0 Å². The molecule has 1 aliphatic carbocycles. The Bertz CT molecular complexity index is 490. The van der Waals surface area contributed by atoms with Crippen molar-refractivity contribution < 1.29 is 14.7 Å². The Morgan fingerprint density at radius 2 is 1.85 bits per heavy atom. The molecule has 1 amide bonds. The van der Waals surface area contributed by atoms with Gasteiger partial charge in [0.05, 0.1) is 5.56 Å². The van der Waals surface area contributed by atoms with Gasteiger partial charge in [-0.1, -0.05) is 19.4 Å². The highest BCUT2D eigenvalue weighted by Gasteiger charge is 2.21. The summed E-state index contributed by atoms with van der Waals surface area (Å²) in [6.45, 7) is 2.21. The highest BCUT2D eigenvalue weighted by Crippen LogP contribution is 2.26. The van der Waals surface area contributed by atoms with Crippen LogP contribution in [0.3, 0.4) is 0 Å². The Balaban J connectivity index is 1.95. The molecule has 1 fully saturated rings. The van der Waals surface area contributed by atoms with Crippen molar-refractivity contribution in [3.8, 4) is 0 Å². The van der Waals surface area contributed by atoms with Crippen LogP contribution in [0.1, 0.15) is 59.7 Å². The fraction of sp³-hybridized carbons (Fsp3) is 0.500. The van der Waals surface area contributed by atoms with Gasteiger partial charge in [-0.3, -0.25) is 4.79 Å². The van der Waals surface area contributed by atoms with E-state index in [1.807, 2.05) is 0 Å². The first-order chi connectivity index (χ1) is 9.60. The Hall–Kier alpha value is -1.84. The quantitative estimate of drug-likeness (QED) is 0.887. The third-order valence-electron chi connectivity index (χ3n) is 4.13. The average molecular weight is 275 g/mol. The van der Waals surface area contributed by atoms with Crippen LogP contribution in [0.5, 0.6) is 0 Å². The number of amides is 1. The fourth-order valence-electron chi connectivity index (χ4n) is 2.78. The summed E-state index contributed by atoms with van der Waals surface area (Å²) < 4.78 is 0. The van der Waals surface area contributed by atoms with Gasteiger partial charge in [0.2, 0.25) is 0 Å². The number of aromatic carboxylic acids is 1. The fourth-order valence-corrected chi connectivity index (χ4v) is 2.78. The van der Waals surface area contributed by atoms with Crippen LogP contribution in [-0.2, 0) is 0 Å². The van der Waals surface area contributed by atoms with Gasteiger partial charge in [0.15, 0.2) is 0 Å². The van der Waals surface area contributed by atoms with Gasteiger partial charge in [0.25, 0.3) is 5.91 Å². The lowest BCUT2D eigenvalue weighted by Crippen LogP contribution is -2.37. The second-order valence-electron chi connectivity index (χ2n) is 5.49. The van der Waals surface area contributed by atoms with Crippen LogP contribution in [0.15, 0.2) is 24.3 Å². The number of nitrogens with one attached hydrogen (secondary N) is 1. The van der Waals surface area contributed by atoms with E-state index in [9.17, 15) is 9.59 Å². The normalized spacial score (nSPS) is 22.2. The summed E-state index contributed by atoms with van der Waals surface area (Å²) in [5, 5.41) is 12.0. The first kappa shape index (κ1) is 14.6. The van der Waals surface area contributed by atoms with E-state index < -0.39 is 5.97 Å². The molecule has 0 atom stereocenters. The summed E-state index contributed by atoms with van der Waals surface area (Å²) >= 11 is 0. The largest absolute Gasteiger partial charge is 0.478 e. The number of hydrogen-bond acceptors (Lipinski definition) is 2. The molecule has 20 heavy (non-hydrogen) atoms. The van der Waals surface area contributed by atoms with Gasteiger partial charge in [-0.15, -0.1) is 0 Å². The Kier molecular flexibility index (Phi) is 4.77. The molecule has 108 valence electrons. The van der Waals surface area contributed by atoms with E-state index in [2.05, 4.69) is 12.2 Å². The van der Waals surface area contributed by atoms with E-state index in [1.54, 1.807) is 12.1 Å². The molecule has 0 heterocycles. The lowest BCUT2D eigenvalue weighted by atomic mass is 9.84. The second kappa shape index (κ2) is 6.55. The van der Waals surface area contributed by atoms with Crippen LogP contribution in [-0.4, -0.2) is 23.0 Å². The average Bonchev–Trinajstić information content (AvgIpc) is 2.48. The highest BCUT2D eigenvalue weighted by molar-refractivity contribution is 5.97. The number of rotatable bonds is 4. The van der Waals surface area contributed by atoms with Gasteiger partial charge >= 0.3 is 5.97 Å². The van der Waals surface area contributed by atoms with Crippen LogP contribution in [0.4, 0.5) is 0 Å². The third-order valence-corrected chi connectivity index (χ3v) is 4.13. The van der Waals surface area contributed by atoms with E-state index in [4.69, 9.17) is 5.11 Å². The van der Waals surface area contributed by atoms with Gasteiger partial charge in [0, 0.05) is 11.6 Å². The summed E-state index contributed by atoms with van der Waals surface area (Å²) in [7, 11) is 0. The van der Waals surface area contributed by atoms with Crippen molar-refractivity contribution in [1.29, 1.82) is 0 Å². The molecule has 0 unspecified atom stereocenters. The molecule has 1 saturated carbocycles. The minimum Gasteiger partial charge on any atom is -0.478 e. The number of benzene rings is 1. The smallest absolute Gasteiger partial charge is 0.335 e. The van der Waals surface area contributed by atoms with E-state index >= 15 is 0 Å². The monoisotopic (exact) mass is 275 g/mol. The molecule has 0 radical (unpaired) electrons. The van der Waals surface area contributed by atoms with E-state index in [0.717, 1.165) is 31.6 Å². The number of hydrogen-bond donors (Lipinski definition) is 2. The first-order valence-corrected chi connectivity index (χ1v) is 7.24. The molecular formula is C16H21NO3. The molecule has 0 aliphatic heterocycles. The van der Waals surface area contributed by atoms with Crippen LogP contribution in [0.25, 0.3) is 0 Å². The molecule has 0 aromatic heterocycles. The molecule has 0 spiro atoms. The summed E-state index contributed by atoms with van der Waals surface area (Å²) in [6.07, 6.45) is 5.57. The standard InChI is InChI=1S/C16H21NO3/c1-2-11-6-8-14(9-7-11)17-15(18)12-4-3-5-13(10-12)16(19)20/h3-5,10-11,14H,2,6-9H2,1H3,(H,17,18)(H,19,20). The number of carbonyl (C=O) groups excluding carboxylic acids is 1. The molecule has 2 N–H and O–H groups in total. The predicted octanol–water partition coefficient (Wildman–Crippen LogP) is 3.08. The Morgan fingerprint density at radius 1 is 1.20 bits per heavy atom. The second-order valence-corrected chi connectivity index (χ2v) is 5.49. The maximum Gasteiger partial charge on any atom is 0.335 e. The van der Waals surface area contributed by atoms with Crippen LogP contribution in [0, 0.1) is 5.92 Å². The molecule has 4 heteroatoms. The molecular weight excluding hydrogens is 254 g/mol. The summed E-state index contributed by atoms with van der Waals surface area (Å²) in [5.41, 5.74) is 0.565. The third kappa shape index (κ3) is 3.59. The van der Waals surface area contributed by atoms with Crippen molar-refractivity contribution >= 4 is 11.9 Å². The zero-order valence-corrected chi connectivity index (χ0v) is 11.8. The van der Waals surface area contributed by atoms with Crippen LogP contribution < -0.4 is 5.32 Å². The summed E-state index contributed by atoms with van der Waals surface area (Å²) in [5.74, 6) is -0.394.